The number of aliphatic hydroxyl groups is 1. The highest BCUT2D eigenvalue weighted by molar-refractivity contribution is 7.47. The zero-order valence-corrected chi connectivity index (χ0v) is 40.6. The number of hydrogen-bond donors (Lipinski definition) is 2. The van der Waals surface area contributed by atoms with Crippen molar-refractivity contribution in [3.05, 3.63) is 83.4 Å². The SMILES string of the molecule is CCCCCc1oc(CCCCCCCCCCC(=O)O[C@H](COC(=O)CCC/C=C\C/C=C\C/C=C\C/C=C\C=C\[C@@H](O)CC)COP(=O)(O)OCC[N+](C)(C)C)c(C)c1C. The van der Waals surface area contributed by atoms with Crippen LogP contribution in [0.3, 0.4) is 0 Å². The first-order valence-electron chi connectivity index (χ1n) is 23.5. The Morgan fingerprint density at radius 1 is 0.694 bits per heavy atom. The third-order valence-corrected chi connectivity index (χ3v) is 11.4. The molecule has 1 heterocycles. The Kier molecular flexibility index (Phi) is 32.5. The fourth-order valence-corrected chi connectivity index (χ4v) is 7.04. The monoisotopic (exact) mass is 891 g/mol. The lowest BCUT2D eigenvalue weighted by Gasteiger charge is -2.24. The maximum Gasteiger partial charge on any atom is 0.472 e. The van der Waals surface area contributed by atoms with E-state index in [1.807, 2.05) is 52.4 Å². The summed E-state index contributed by atoms with van der Waals surface area (Å²) in [5.74, 6) is 1.41. The van der Waals surface area contributed by atoms with Crippen LogP contribution in [0.25, 0.3) is 0 Å². The Labute approximate surface area is 375 Å². The molecule has 0 fully saturated rings. The van der Waals surface area contributed by atoms with Crippen LogP contribution in [0.15, 0.2) is 65.2 Å². The van der Waals surface area contributed by atoms with Crippen LogP contribution in [0, 0.1) is 13.8 Å². The highest BCUT2D eigenvalue weighted by atomic mass is 31.2. The number of esters is 2. The van der Waals surface area contributed by atoms with E-state index in [1.54, 1.807) is 6.08 Å². The minimum Gasteiger partial charge on any atom is -0.466 e. The predicted molar refractivity (Wildman–Crippen MR) is 252 cm³/mol. The summed E-state index contributed by atoms with van der Waals surface area (Å²) in [4.78, 5) is 35.5. The van der Waals surface area contributed by atoms with Gasteiger partial charge in [0, 0.05) is 25.7 Å². The van der Waals surface area contributed by atoms with Crippen LogP contribution in [0.2, 0.25) is 0 Å². The highest BCUT2D eigenvalue weighted by Gasteiger charge is 2.27. The molecule has 1 rings (SSSR count). The summed E-state index contributed by atoms with van der Waals surface area (Å²) >= 11 is 0. The molecule has 1 aromatic heterocycles. The van der Waals surface area contributed by atoms with Gasteiger partial charge < -0.3 is 28.4 Å². The van der Waals surface area contributed by atoms with Gasteiger partial charge in [-0.2, -0.15) is 0 Å². The lowest BCUT2D eigenvalue weighted by Crippen LogP contribution is -2.37. The molecule has 0 spiro atoms. The van der Waals surface area contributed by atoms with Crippen molar-refractivity contribution in [2.24, 2.45) is 0 Å². The number of carbonyl (C=O) groups is 2. The van der Waals surface area contributed by atoms with Crippen molar-refractivity contribution >= 4 is 19.8 Å². The van der Waals surface area contributed by atoms with Crippen LogP contribution in [-0.2, 0) is 45.5 Å². The minimum absolute atomic E-state index is 0.00683. The van der Waals surface area contributed by atoms with Crippen molar-refractivity contribution in [1.29, 1.82) is 0 Å². The van der Waals surface area contributed by atoms with E-state index in [0.717, 1.165) is 70.0 Å². The minimum atomic E-state index is -4.41. The third kappa shape index (κ3) is 31.7. The van der Waals surface area contributed by atoms with Gasteiger partial charge in [0.2, 0.25) is 0 Å². The topological polar surface area (TPSA) is 142 Å². The van der Waals surface area contributed by atoms with E-state index in [1.165, 1.54) is 49.0 Å². The number of quaternary nitrogens is 1. The molecule has 2 N–H and O–H groups in total. The number of allylic oxidation sites excluding steroid dienone is 9. The van der Waals surface area contributed by atoms with Gasteiger partial charge in [0.1, 0.15) is 31.3 Å². The average molecular weight is 891 g/mol. The standard InChI is InChI=1S/C50H84NO10P/c1-8-10-29-35-47-43(3)44(4)48(61-47)36-31-26-22-19-20-24-28-33-38-50(54)60-46(42-59-62(55,56)58-40-39-51(5,6)7)41-57-49(53)37-32-27-23-18-16-14-12-11-13-15-17-21-25-30-34-45(52)9-2/h12-15,18,21,23,25,30,34,45-46,52H,8-11,16-17,19-20,22,24,26-29,31-33,35-42H2,1-7H3/p+1/b14-12-,15-13-,23-18-,25-21-,34-30+/t45-,46+/m0/s1. The number of nitrogens with zero attached hydrogens (tertiary/aromatic N) is 1. The number of aliphatic hydroxyl groups excluding tert-OH is 1. The highest BCUT2D eigenvalue weighted by Crippen LogP contribution is 2.43. The fourth-order valence-electron chi connectivity index (χ4n) is 6.30. The zero-order chi connectivity index (χ0) is 45.9. The number of furan rings is 1. The van der Waals surface area contributed by atoms with Gasteiger partial charge in [0.05, 0.1) is 33.9 Å². The van der Waals surface area contributed by atoms with Gasteiger partial charge in [-0.3, -0.25) is 18.6 Å². The molecule has 1 aromatic rings. The number of phosphoric ester groups is 1. The second kappa shape index (κ2) is 35.3. The number of phosphoric acid groups is 1. The Hall–Kier alpha value is -3.05. The molecular weight excluding hydrogens is 806 g/mol. The molecule has 11 nitrogen and oxygen atoms in total. The molecule has 0 radical (unpaired) electrons. The van der Waals surface area contributed by atoms with Gasteiger partial charge in [-0.05, 0) is 82.8 Å². The Bertz CT molecular complexity index is 1540. The Balaban J connectivity index is 2.39. The van der Waals surface area contributed by atoms with Gasteiger partial charge in [0.25, 0.3) is 0 Å². The van der Waals surface area contributed by atoms with E-state index in [4.69, 9.17) is 22.9 Å². The molecule has 354 valence electrons. The number of rotatable bonds is 38. The maximum absolute atomic E-state index is 12.8. The molecule has 12 heteroatoms. The first-order valence-corrected chi connectivity index (χ1v) is 25.0. The summed E-state index contributed by atoms with van der Waals surface area (Å²) in [5.41, 5.74) is 2.64. The van der Waals surface area contributed by atoms with E-state index in [0.29, 0.717) is 36.7 Å². The lowest BCUT2D eigenvalue weighted by molar-refractivity contribution is -0.870. The molecule has 0 bridgehead atoms. The molecule has 1 unspecified atom stereocenters. The number of ether oxygens (including phenoxy) is 2. The zero-order valence-electron chi connectivity index (χ0n) is 39.7. The van der Waals surface area contributed by atoms with Crippen LogP contribution in [0.1, 0.15) is 158 Å². The van der Waals surface area contributed by atoms with Crippen molar-refractivity contribution < 1.29 is 51.6 Å². The quantitative estimate of drug-likeness (QED) is 0.0165. The molecule has 3 atom stereocenters. The maximum atomic E-state index is 12.8. The number of hydrogen-bond acceptors (Lipinski definition) is 9. The van der Waals surface area contributed by atoms with Gasteiger partial charge in [-0.15, -0.1) is 0 Å². The first kappa shape index (κ1) is 57.0. The van der Waals surface area contributed by atoms with Crippen LogP contribution < -0.4 is 0 Å². The van der Waals surface area contributed by atoms with Gasteiger partial charge in [-0.1, -0.05) is 126 Å². The van der Waals surface area contributed by atoms with E-state index < -0.39 is 32.5 Å². The number of likely N-dealkylation sites (N-methyl/N-ethyl adjacent to an activating group) is 1. The summed E-state index contributed by atoms with van der Waals surface area (Å²) in [6.45, 7) is 8.30. The summed E-state index contributed by atoms with van der Waals surface area (Å²) in [7, 11) is 1.39. The Morgan fingerprint density at radius 3 is 1.84 bits per heavy atom. The Morgan fingerprint density at radius 2 is 1.24 bits per heavy atom. The predicted octanol–water partition coefficient (Wildman–Crippen LogP) is 11.9. The van der Waals surface area contributed by atoms with Crippen molar-refractivity contribution in [3.63, 3.8) is 0 Å². The van der Waals surface area contributed by atoms with Crippen molar-refractivity contribution in [2.75, 3.05) is 47.5 Å². The van der Waals surface area contributed by atoms with Crippen molar-refractivity contribution in [2.45, 2.75) is 175 Å². The normalized spacial score (nSPS) is 14.5. The molecule has 62 heavy (non-hydrogen) atoms. The molecule has 0 saturated carbocycles. The first-order chi connectivity index (χ1) is 29.7. The number of aryl methyl sites for hydroxylation is 2. The summed E-state index contributed by atoms with van der Waals surface area (Å²) in [6, 6.07) is 0. The van der Waals surface area contributed by atoms with Crippen LogP contribution >= 0.6 is 7.82 Å². The second-order valence-corrected chi connectivity index (χ2v) is 18.6. The third-order valence-electron chi connectivity index (χ3n) is 10.4. The van der Waals surface area contributed by atoms with E-state index in [9.17, 15) is 24.2 Å². The van der Waals surface area contributed by atoms with E-state index >= 15 is 0 Å². The molecule has 0 amide bonds. The summed E-state index contributed by atoms with van der Waals surface area (Å²) in [5, 5.41) is 9.49. The summed E-state index contributed by atoms with van der Waals surface area (Å²) < 4.78 is 40.6. The van der Waals surface area contributed by atoms with Crippen molar-refractivity contribution in [3.8, 4) is 0 Å². The smallest absolute Gasteiger partial charge is 0.466 e. The molecule has 0 aliphatic rings. The van der Waals surface area contributed by atoms with Gasteiger partial charge in [0.15, 0.2) is 6.10 Å². The molecule has 0 aromatic carbocycles. The van der Waals surface area contributed by atoms with Gasteiger partial charge in [-0.25, -0.2) is 4.57 Å². The second-order valence-electron chi connectivity index (χ2n) is 17.2. The van der Waals surface area contributed by atoms with E-state index in [2.05, 4.69) is 51.2 Å². The molecule has 0 saturated heterocycles. The molecule has 0 aliphatic carbocycles. The van der Waals surface area contributed by atoms with Gasteiger partial charge >= 0.3 is 19.8 Å². The molecular formula is C50H85NO10P+. The largest absolute Gasteiger partial charge is 0.472 e. The van der Waals surface area contributed by atoms with Crippen LogP contribution in [0.5, 0.6) is 0 Å². The number of carbonyl (C=O) groups excluding carboxylic acids is 2. The number of unbranched alkanes of at least 4 members (excludes halogenated alkanes) is 10. The van der Waals surface area contributed by atoms with Crippen molar-refractivity contribution in [1.82, 2.24) is 0 Å². The lowest BCUT2D eigenvalue weighted by atomic mass is 10.0. The molecule has 0 aliphatic heterocycles. The summed E-state index contributed by atoms with van der Waals surface area (Å²) in [6.07, 6.45) is 37.6. The van der Waals surface area contributed by atoms with Crippen LogP contribution in [0.4, 0.5) is 0 Å². The van der Waals surface area contributed by atoms with Crippen LogP contribution in [-0.4, -0.2) is 86.1 Å². The fraction of sp³-hybridized carbons (Fsp3) is 0.680. The average Bonchev–Trinajstić information content (AvgIpc) is 3.49. The van der Waals surface area contributed by atoms with E-state index in [-0.39, 0.29) is 32.2 Å².